The van der Waals surface area contributed by atoms with Crippen LogP contribution in [0.4, 0.5) is 52.7 Å². The zero-order chi connectivity index (χ0) is 31.3. The number of carbonyl (C=O) groups excluding carboxylic acids is 1. The molecule has 42 heavy (non-hydrogen) atoms. The number of aromatic nitrogens is 2. The van der Waals surface area contributed by atoms with E-state index >= 15 is 0 Å². The van der Waals surface area contributed by atoms with Gasteiger partial charge in [0.25, 0.3) is 0 Å². The lowest BCUT2D eigenvalue weighted by Gasteiger charge is -2.14. The highest BCUT2D eigenvalue weighted by molar-refractivity contribution is 6.10. The highest BCUT2D eigenvalue weighted by Crippen LogP contribution is 2.37. The first-order valence-corrected chi connectivity index (χ1v) is 11.3. The fourth-order valence-electron chi connectivity index (χ4n) is 3.79. The molecule has 2 aromatic carbocycles. The number of alkyl halides is 12. The molecule has 0 bridgehead atoms. The molecule has 0 unspecified atom stereocenters. The lowest BCUT2D eigenvalue weighted by Crippen LogP contribution is -2.14. The Kier molecular flexibility index (Phi) is 7.59. The summed E-state index contributed by atoms with van der Waals surface area (Å²) in [5, 5.41) is 0. The number of halogens is 12. The molecule has 4 rings (SSSR count). The second-order valence-electron chi connectivity index (χ2n) is 8.73. The Balaban J connectivity index is 1.90. The monoisotopic (exact) mass is 608 g/mol. The zero-order valence-electron chi connectivity index (χ0n) is 20.3. The van der Waals surface area contributed by atoms with Gasteiger partial charge in [0.05, 0.1) is 22.5 Å². The minimum Gasteiger partial charge on any atom is -0.289 e. The summed E-state index contributed by atoms with van der Waals surface area (Å²) in [6, 6.07) is 7.61. The third-order valence-corrected chi connectivity index (χ3v) is 5.73. The first-order chi connectivity index (χ1) is 19.2. The molecule has 3 nitrogen and oxygen atoms in total. The summed E-state index contributed by atoms with van der Waals surface area (Å²) in [5.41, 5.74) is -10.2. The van der Waals surface area contributed by atoms with E-state index in [1.807, 2.05) is 0 Å². The molecule has 0 saturated carbocycles. The van der Waals surface area contributed by atoms with Crippen LogP contribution in [0.2, 0.25) is 0 Å². The molecule has 0 atom stereocenters. The van der Waals surface area contributed by atoms with E-state index in [-0.39, 0.29) is 12.1 Å². The molecule has 220 valence electrons. The maximum Gasteiger partial charge on any atom is 0.433 e. The van der Waals surface area contributed by atoms with Crippen molar-refractivity contribution in [2.75, 3.05) is 0 Å². The number of nitrogens with zero attached hydrogens (tertiary/aromatic N) is 2. The average Bonchev–Trinajstić information content (AvgIpc) is 2.90. The topological polar surface area (TPSA) is 42.9 Å². The standard InChI is InChI=1S/C27H12F12N2O/c28-24(29,30)17-5-1-3-13(7-17)19-9-15(11-21(40-19)26(34,35)36)23(42)16-10-20(41-22(12-16)27(37,38)39)14-4-2-6-18(8-14)25(31,32)33/h1-12H. The van der Waals surface area contributed by atoms with E-state index in [1.54, 1.807) is 0 Å². The van der Waals surface area contributed by atoms with Crippen molar-refractivity contribution in [2.24, 2.45) is 0 Å². The lowest BCUT2D eigenvalue weighted by molar-refractivity contribution is -0.141. The van der Waals surface area contributed by atoms with Gasteiger partial charge in [-0.2, -0.15) is 52.7 Å². The van der Waals surface area contributed by atoms with Crippen molar-refractivity contribution >= 4 is 5.78 Å². The Labute approximate surface area is 227 Å². The first kappa shape index (κ1) is 30.5. The summed E-state index contributed by atoms with van der Waals surface area (Å²) in [5.74, 6) is -1.46. The number of hydrogen-bond donors (Lipinski definition) is 0. The largest absolute Gasteiger partial charge is 0.433 e. The number of rotatable bonds is 4. The predicted octanol–water partition coefficient (Wildman–Crippen LogP) is 9.12. The average molecular weight is 608 g/mol. The molecule has 2 aromatic heterocycles. The van der Waals surface area contributed by atoms with Gasteiger partial charge in [0, 0.05) is 22.3 Å². The van der Waals surface area contributed by atoms with Crippen LogP contribution in [0.1, 0.15) is 38.4 Å². The number of ketones is 1. The maximum atomic E-state index is 13.6. The SMILES string of the molecule is O=C(c1cc(-c2cccc(C(F)(F)F)c2)nc(C(F)(F)F)c1)c1cc(-c2cccc(C(F)(F)F)c2)nc(C(F)(F)F)c1. The molecule has 0 aliphatic rings. The third kappa shape index (κ3) is 6.71. The van der Waals surface area contributed by atoms with Gasteiger partial charge in [-0.25, -0.2) is 9.97 Å². The van der Waals surface area contributed by atoms with Crippen LogP contribution in [0.25, 0.3) is 22.5 Å². The summed E-state index contributed by atoms with van der Waals surface area (Å²) in [7, 11) is 0. The molecule has 0 amide bonds. The molecule has 4 aromatic rings. The first-order valence-electron chi connectivity index (χ1n) is 11.3. The van der Waals surface area contributed by atoms with Gasteiger partial charge in [-0.15, -0.1) is 0 Å². The smallest absolute Gasteiger partial charge is 0.289 e. The van der Waals surface area contributed by atoms with Crippen LogP contribution in [-0.4, -0.2) is 15.8 Å². The molecular formula is C27H12F12N2O. The van der Waals surface area contributed by atoms with Gasteiger partial charge in [-0.05, 0) is 48.5 Å². The van der Waals surface area contributed by atoms with E-state index in [2.05, 4.69) is 9.97 Å². The Morgan fingerprint density at radius 1 is 0.476 bits per heavy atom. The van der Waals surface area contributed by atoms with Crippen LogP contribution >= 0.6 is 0 Å². The van der Waals surface area contributed by atoms with Gasteiger partial charge in [-0.3, -0.25) is 4.79 Å². The van der Waals surface area contributed by atoms with Crippen LogP contribution in [-0.2, 0) is 24.7 Å². The van der Waals surface area contributed by atoms with Crippen molar-refractivity contribution in [2.45, 2.75) is 24.7 Å². The summed E-state index contributed by atoms with van der Waals surface area (Å²) in [6.45, 7) is 0. The van der Waals surface area contributed by atoms with Crippen LogP contribution in [0.5, 0.6) is 0 Å². The minimum absolute atomic E-state index is 0.192. The van der Waals surface area contributed by atoms with Crippen molar-refractivity contribution in [1.82, 2.24) is 9.97 Å². The molecule has 0 N–H and O–H groups in total. The van der Waals surface area contributed by atoms with E-state index in [0.29, 0.717) is 36.4 Å². The number of hydrogen-bond acceptors (Lipinski definition) is 3. The van der Waals surface area contributed by atoms with Gasteiger partial charge >= 0.3 is 24.7 Å². The zero-order valence-corrected chi connectivity index (χ0v) is 20.3. The van der Waals surface area contributed by atoms with E-state index in [0.717, 1.165) is 24.3 Å². The van der Waals surface area contributed by atoms with Gasteiger partial charge in [0.15, 0.2) is 5.78 Å². The van der Waals surface area contributed by atoms with Crippen molar-refractivity contribution in [3.05, 3.63) is 106 Å². The van der Waals surface area contributed by atoms with Crippen LogP contribution in [0, 0.1) is 0 Å². The van der Waals surface area contributed by atoms with E-state index in [1.165, 1.54) is 0 Å². The summed E-state index contributed by atoms with van der Waals surface area (Å²) in [4.78, 5) is 19.8. The van der Waals surface area contributed by atoms with Crippen molar-refractivity contribution in [3.63, 3.8) is 0 Å². The van der Waals surface area contributed by atoms with Crippen molar-refractivity contribution < 1.29 is 57.5 Å². The molecule has 0 fully saturated rings. The van der Waals surface area contributed by atoms with Gasteiger partial charge < -0.3 is 0 Å². The summed E-state index contributed by atoms with van der Waals surface area (Å²) < 4.78 is 161. The molecule has 0 spiro atoms. The Morgan fingerprint density at radius 2 is 0.833 bits per heavy atom. The number of benzene rings is 2. The highest BCUT2D eigenvalue weighted by atomic mass is 19.4. The number of carbonyl (C=O) groups is 1. The second kappa shape index (κ2) is 10.4. The van der Waals surface area contributed by atoms with Gasteiger partial charge in [0.1, 0.15) is 11.4 Å². The third-order valence-electron chi connectivity index (χ3n) is 5.73. The van der Waals surface area contributed by atoms with E-state index in [4.69, 9.17) is 0 Å². The van der Waals surface area contributed by atoms with Crippen molar-refractivity contribution in [3.8, 4) is 22.5 Å². The van der Waals surface area contributed by atoms with Gasteiger partial charge in [0.2, 0.25) is 0 Å². The van der Waals surface area contributed by atoms with Gasteiger partial charge in [-0.1, -0.05) is 24.3 Å². The fraction of sp³-hybridized carbons (Fsp3) is 0.148. The second-order valence-corrected chi connectivity index (χ2v) is 8.73. The fourth-order valence-corrected chi connectivity index (χ4v) is 3.79. The molecule has 15 heteroatoms. The predicted molar refractivity (Wildman–Crippen MR) is 123 cm³/mol. The lowest BCUT2D eigenvalue weighted by atomic mass is 9.97. The van der Waals surface area contributed by atoms with Crippen LogP contribution < -0.4 is 0 Å². The molecule has 0 radical (unpaired) electrons. The molecular weight excluding hydrogens is 596 g/mol. The van der Waals surface area contributed by atoms with Crippen LogP contribution in [0.15, 0.2) is 72.8 Å². The minimum atomic E-state index is -5.23. The van der Waals surface area contributed by atoms with E-state index in [9.17, 15) is 57.5 Å². The quantitative estimate of drug-likeness (QED) is 0.172. The van der Waals surface area contributed by atoms with E-state index < -0.39 is 86.6 Å². The molecule has 0 saturated heterocycles. The molecule has 2 heterocycles. The Morgan fingerprint density at radius 3 is 1.14 bits per heavy atom. The Bertz CT molecular complexity index is 1530. The summed E-state index contributed by atoms with van der Waals surface area (Å²) >= 11 is 0. The number of pyridine rings is 2. The summed E-state index contributed by atoms with van der Waals surface area (Å²) in [6.07, 6.45) is -20.2. The molecule has 0 aliphatic carbocycles. The normalized spacial score (nSPS) is 12.9. The highest BCUT2D eigenvalue weighted by Gasteiger charge is 2.37. The maximum absolute atomic E-state index is 13.6. The molecule has 0 aliphatic heterocycles. The van der Waals surface area contributed by atoms with Crippen molar-refractivity contribution in [1.29, 1.82) is 0 Å². The van der Waals surface area contributed by atoms with Crippen LogP contribution in [0.3, 0.4) is 0 Å². The Hall–Kier alpha value is -4.43.